The molecule has 0 radical (unpaired) electrons. The van der Waals surface area contributed by atoms with E-state index in [2.05, 4.69) is 10.2 Å². The number of halogens is 1. The third-order valence-electron chi connectivity index (χ3n) is 7.39. The molecule has 5 rings (SSSR count). The zero-order valence-electron chi connectivity index (χ0n) is 21.3. The average Bonchev–Trinajstić information content (AvgIpc) is 3.25. The van der Waals surface area contributed by atoms with Gasteiger partial charge >= 0.3 is 0 Å². The Morgan fingerprint density at radius 3 is 2.45 bits per heavy atom. The van der Waals surface area contributed by atoms with E-state index in [-0.39, 0.29) is 24.8 Å². The lowest BCUT2D eigenvalue weighted by molar-refractivity contribution is -0.138. The first-order chi connectivity index (χ1) is 18.3. The zero-order chi connectivity index (χ0) is 26.8. The van der Waals surface area contributed by atoms with Crippen LogP contribution >= 0.6 is 0 Å². The summed E-state index contributed by atoms with van der Waals surface area (Å²) in [5.74, 6) is -0.813. The summed E-state index contributed by atoms with van der Waals surface area (Å²) in [4.78, 5) is 54.0. The summed E-state index contributed by atoms with van der Waals surface area (Å²) in [6.07, 6.45) is -0.931. The van der Waals surface area contributed by atoms with Crippen LogP contribution in [0.25, 0.3) is 0 Å². The Morgan fingerprint density at radius 2 is 1.76 bits per heavy atom. The molecule has 0 aliphatic carbocycles. The smallest absolute Gasteiger partial charge is 0.256 e. The molecular weight excluding hydrogens is 491 g/mol. The molecule has 0 bridgehead atoms. The highest BCUT2D eigenvalue weighted by Crippen LogP contribution is 2.34. The van der Waals surface area contributed by atoms with Gasteiger partial charge in [-0.15, -0.1) is 0 Å². The SMILES string of the molecule is CC(F)C(=O)N1CCN(Cc2ccc(COc3cccc4c3CN(C3CCC(=O)NC3=O)C4=O)cc2)CC1. The predicted molar refractivity (Wildman–Crippen MR) is 136 cm³/mol. The van der Waals surface area contributed by atoms with Gasteiger partial charge in [-0.3, -0.25) is 29.4 Å². The quantitative estimate of drug-likeness (QED) is 0.559. The number of alkyl halides is 1. The van der Waals surface area contributed by atoms with Gasteiger partial charge in [-0.2, -0.15) is 0 Å². The van der Waals surface area contributed by atoms with Crippen molar-refractivity contribution in [2.75, 3.05) is 26.2 Å². The fourth-order valence-corrected chi connectivity index (χ4v) is 5.23. The molecule has 9 nitrogen and oxygen atoms in total. The highest BCUT2D eigenvalue weighted by Gasteiger charge is 2.40. The number of piperazine rings is 1. The number of piperidine rings is 1. The minimum absolute atomic E-state index is 0.212. The summed E-state index contributed by atoms with van der Waals surface area (Å²) < 4.78 is 19.4. The van der Waals surface area contributed by atoms with Gasteiger partial charge in [0.1, 0.15) is 18.4 Å². The molecule has 2 atom stereocenters. The summed E-state index contributed by atoms with van der Waals surface area (Å²) in [7, 11) is 0. The Labute approximate surface area is 220 Å². The first kappa shape index (κ1) is 25.8. The third kappa shape index (κ3) is 5.40. The number of hydrogen-bond acceptors (Lipinski definition) is 6. The predicted octanol–water partition coefficient (Wildman–Crippen LogP) is 2.03. The van der Waals surface area contributed by atoms with Crippen LogP contribution in [0.1, 0.15) is 46.8 Å². The van der Waals surface area contributed by atoms with Crippen molar-refractivity contribution in [2.45, 2.75) is 51.7 Å². The number of nitrogens with zero attached hydrogens (tertiary/aromatic N) is 3. The first-order valence-electron chi connectivity index (χ1n) is 12.9. The van der Waals surface area contributed by atoms with Gasteiger partial charge in [0.15, 0.2) is 6.17 Å². The number of fused-ring (bicyclic) bond motifs is 1. The van der Waals surface area contributed by atoms with E-state index in [9.17, 15) is 23.6 Å². The molecule has 2 unspecified atom stereocenters. The topological polar surface area (TPSA) is 99.3 Å². The molecule has 0 spiro atoms. The Balaban J connectivity index is 1.16. The summed E-state index contributed by atoms with van der Waals surface area (Å²) in [5.41, 5.74) is 3.38. The van der Waals surface area contributed by atoms with Crippen LogP contribution in [0, 0.1) is 0 Å². The minimum atomic E-state index is -1.46. The molecule has 2 saturated heterocycles. The van der Waals surface area contributed by atoms with Crippen LogP contribution in [0.15, 0.2) is 42.5 Å². The highest BCUT2D eigenvalue weighted by molar-refractivity contribution is 6.05. The van der Waals surface area contributed by atoms with E-state index < -0.39 is 24.0 Å². The van der Waals surface area contributed by atoms with Crippen LogP contribution in [0.3, 0.4) is 0 Å². The van der Waals surface area contributed by atoms with Crippen LogP contribution in [0.4, 0.5) is 4.39 Å². The molecule has 3 aliphatic rings. The Morgan fingerprint density at radius 1 is 1.05 bits per heavy atom. The number of hydrogen-bond donors (Lipinski definition) is 1. The van der Waals surface area contributed by atoms with Crippen molar-refractivity contribution in [1.29, 1.82) is 0 Å². The minimum Gasteiger partial charge on any atom is -0.489 e. The van der Waals surface area contributed by atoms with Gasteiger partial charge in [0.05, 0.1) is 6.54 Å². The second-order valence-electron chi connectivity index (χ2n) is 10.0. The molecule has 2 aromatic carbocycles. The van der Waals surface area contributed by atoms with E-state index >= 15 is 0 Å². The standard InChI is InChI=1S/C28H31FN4O5/c1-18(29)27(36)32-13-11-31(12-14-32)15-19-5-7-20(8-6-19)17-38-24-4-2-3-21-22(24)16-33(28(21)37)23-9-10-25(34)30-26(23)35/h2-8,18,23H,9-17H2,1H3,(H,30,34,35). The zero-order valence-corrected chi connectivity index (χ0v) is 21.3. The van der Waals surface area contributed by atoms with Crippen molar-refractivity contribution >= 4 is 23.6 Å². The number of ether oxygens (including phenoxy) is 1. The summed E-state index contributed by atoms with van der Waals surface area (Å²) in [6, 6.07) is 12.8. The van der Waals surface area contributed by atoms with Crippen molar-refractivity contribution in [3.05, 3.63) is 64.7 Å². The van der Waals surface area contributed by atoms with Crippen molar-refractivity contribution in [1.82, 2.24) is 20.0 Å². The maximum Gasteiger partial charge on any atom is 0.256 e. The summed E-state index contributed by atoms with van der Waals surface area (Å²) in [6.45, 7) is 5.09. The van der Waals surface area contributed by atoms with E-state index in [0.717, 1.165) is 23.2 Å². The molecule has 1 N–H and O–H groups in total. The maximum absolute atomic E-state index is 13.3. The molecule has 2 aromatic rings. The Bertz CT molecular complexity index is 1240. The Kier molecular flexibility index (Phi) is 7.42. The number of carbonyl (C=O) groups is 4. The second-order valence-corrected chi connectivity index (χ2v) is 10.0. The number of amides is 4. The largest absolute Gasteiger partial charge is 0.489 e. The van der Waals surface area contributed by atoms with Gasteiger partial charge in [-0.25, -0.2) is 4.39 Å². The fourth-order valence-electron chi connectivity index (χ4n) is 5.23. The normalized spacial score (nSPS) is 20.8. The van der Waals surface area contributed by atoms with Crippen molar-refractivity contribution in [3.63, 3.8) is 0 Å². The highest BCUT2D eigenvalue weighted by atomic mass is 19.1. The third-order valence-corrected chi connectivity index (χ3v) is 7.39. The van der Waals surface area contributed by atoms with Gasteiger partial charge in [-0.1, -0.05) is 30.3 Å². The van der Waals surface area contributed by atoms with Gasteiger partial charge in [-0.05, 0) is 36.6 Å². The van der Waals surface area contributed by atoms with Crippen LogP contribution in [-0.2, 0) is 34.1 Å². The lowest BCUT2D eigenvalue weighted by atomic mass is 10.0. The molecular formula is C28H31FN4O5. The number of imide groups is 1. The molecule has 10 heteroatoms. The van der Waals surface area contributed by atoms with Gasteiger partial charge in [0.2, 0.25) is 11.8 Å². The lowest BCUT2D eigenvalue weighted by Gasteiger charge is -2.35. The molecule has 3 heterocycles. The number of nitrogens with one attached hydrogen (secondary N) is 1. The molecule has 0 saturated carbocycles. The van der Waals surface area contributed by atoms with E-state index in [1.165, 1.54) is 11.8 Å². The lowest BCUT2D eigenvalue weighted by Crippen LogP contribution is -2.52. The van der Waals surface area contributed by atoms with E-state index in [1.807, 2.05) is 30.3 Å². The van der Waals surface area contributed by atoms with Gasteiger partial charge in [0.25, 0.3) is 11.8 Å². The number of benzene rings is 2. The van der Waals surface area contributed by atoms with Gasteiger partial charge in [0, 0.05) is 50.3 Å². The molecule has 3 aliphatic heterocycles. The number of rotatable bonds is 7. The first-order valence-corrected chi connectivity index (χ1v) is 12.9. The molecule has 2 fully saturated rings. The maximum atomic E-state index is 13.3. The second kappa shape index (κ2) is 10.9. The number of carbonyl (C=O) groups excluding carboxylic acids is 4. The molecule has 200 valence electrons. The van der Waals surface area contributed by atoms with Crippen molar-refractivity contribution < 1.29 is 28.3 Å². The van der Waals surface area contributed by atoms with Gasteiger partial charge < -0.3 is 14.5 Å². The van der Waals surface area contributed by atoms with Crippen LogP contribution in [0.5, 0.6) is 5.75 Å². The monoisotopic (exact) mass is 522 g/mol. The van der Waals surface area contributed by atoms with Crippen LogP contribution in [-0.4, -0.2) is 76.7 Å². The van der Waals surface area contributed by atoms with Crippen LogP contribution < -0.4 is 10.1 Å². The average molecular weight is 523 g/mol. The molecule has 4 amide bonds. The van der Waals surface area contributed by atoms with E-state index in [0.29, 0.717) is 50.5 Å². The fraction of sp³-hybridized carbons (Fsp3) is 0.429. The van der Waals surface area contributed by atoms with E-state index in [1.54, 1.807) is 17.0 Å². The summed E-state index contributed by atoms with van der Waals surface area (Å²) >= 11 is 0. The molecule has 38 heavy (non-hydrogen) atoms. The summed E-state index contributed by atoms with van der Waals surface area (Å²) in [5, 5.41) is 2.32. The van der Waals surface area contributed by atoms with Crippen LogP contribution in [0.2, 0.25) is 0 Å². The van der Waals surface area contributed by atoms with E-state index in [4.69, 9.17) is 4.74 Å². The van der Waals surface area contributed by atoms with Crippen molar-refractivity contribution in [3.8, 4) is 5.75 Å². The Hall–Kier alpha value is -3.79. The van der Waals surface area contributed by atoms with Crippen molar-refractivity contribution in [2.24, 2.45) is 0 Å². The molecule has 0 aromatic heterocycles.